The fourth-order valence-electron chi connectivity index (χ4n) is 3.10. The molecule has 1 aliphatic rings. The Labute approximate surface area is 160 Å². The summed E-state index contributed by atoms with van der Waals surface area (Å²) in [5, 5.41) is 0. The lowest BCUT2D eigenvalue weighted by atomic mass is 10.2. The maximum atomic E-state index is 12.8. The Morgan fingerprint density at radius 1 is 1.11 bits per heavy atom. The summed E-state index contributed by atoms with van der Waals surface area (Å²) in [7, 11) is -5.73. The standard InChI is InChI=1S/C18H22N2O5S2/c1-14-13-15(20-11-5-6-12-26(20,21)22)9-10-18(14)27(23,24)19-16-7-3-4-8-17(16)25-2/h3-4,7-10,13,19H,5-6,11-12H2,1-2H3. The van der Waals surface area contributed by atoms with E-state index in [2.05, 4.69) is 4.72 Å². The van der Waals surface area contributed by atoms with Crippen molar-refractivity contribution in [2.45, 2.75) is 24.7 Å². The van der Waals surface area contributed by atoms with Gasteiger partial charge in [0, 0.05) is 6.54 Å². The molecule has 0 amide bonds. The molecule has 1 aliphatic heterocycles. The molecule has 9 heteroatoms. The van der Waals surface area contributed by atoms with Crippen LogP contribution in [0.4, 0.5) is 11.4 Å². The van der Waals surface area contributed by atoms with Crippen LogP contribution in [-0.2, 0) is 20.0 Å². The van der Waals surface area contributed by atoms with Crippen LogP contribution >= 0.6 is 0 Å². The van der Waals surface area contributed by atoms with Crippen LogP contribution in [-0.4, -0.2) is 36.2 Å². The number of ether oxygens (including phenoxy) is 1. The zero-order valence-corrected chi connectivity index (χ0v) is 16.8. The highest BCUT2D eigenvalue weighted by Gasteiger charge is 2.27. The molecule has 0 aliphatic carbocycles. The molecule has 7 nitrogen and oxygen atoms in total. The van der Waals surface area contributed by atoms with Crippen molar-refractivity contribution in [2.24, 2.45) is 0 Å². The average molecular weight is 411 g/mol. The lowest BCUT2D eigenvalue weighted by molar-refractivity contribution is 0.417. The first kappa shape index (κ1) is 19.5. The highest BCUT2D eigenvalue weighted by Crippen LogP contribution is 2.30. The topological polar surface area (TPSA) is 92.8 Å². The van der Waals surface area contributed by atoms with Crippen molar-refractivity contribution in [1.82, 2.24) is 0 Å². The molecule has 0 radical (unpaired) electrons. The number of para-hydroxylation sites is 2. The number of hydrogen-bond donors (Lipinski definition) is 1. The first-order valence-electron chi connectivity index (χ1n) is 8.51. The van der Waals surface area contributed by atoms with E-state index < -0.39 is 20.0 Å². The van der Waals surface area contributed by atoms with Gasteiger partial charge in [-0.25, -0.2) is 16.8 Å². The Balaban J connectivity index is 1.93. The van der Waals surface area contributed by atoms with E-state index >= 15 is 0 Å². The molecule has 1 fully saturated rings. The third-order valence-corrected chi connectivity index (χ3v) is 7.83. The summed E-state index contributed by atoms with van der Waals surface area (Å²) in [6, 6.07) is 11.3. The van der Waals surface area contributed by atoms with Crippen LogP contribution in [0.3, 0.4) is 0 Å². The van der Waals surface area contributed by atoms with Crippen LogP contribution < -0.4 is 13.8 Å². The van der Waals surface area contributed by atoms with Crippen molar-refractivity contribution in [2.75, 3.05) is 28.4 Å². The molecular formula is C18H22N2O5S2. The average Bonchev–Trinajstić information content (AvgIpc) is 2.61. The van der Waals surface area contributed by atoms with E-state index in [1.165, 1.54) is 23.5 Å². The van der Waals surface area contributed by atoms with Crippen LogP contribution in [0.2, 0.25) is 0 Å². The molecule has 0 saturated carbocycles. The third-order valence-electron chi connectivity index (χ3n) is 4.44. The minimum atomic E-state index is -3.85. The molecule has 0 unspecified atom stereocenters. The monoisotopic (exact) mass is 410 g/mol. The Morgan fingerprint density at radius 2 is 1.85 bits per heavy atom. The number of aryl methyl sites for hydroxylation is 1. The molecule has 146 valence electrons. The normalized spacial score (nSPS) is 16.7. The lowest BCUT2D eigenvalue weighted by Gasteiger charge is -2.28. The molecule has 0 aromatic heterocycles. The summed E-state index contributed by atoms with van der Waals surface area (Å²) in [6.45, 7) is 2.06. The Hall–Kier alpha value is -2.26. The maximum absolute atomic E-state index is 12.8. The van der Waals surface area contributed by atoms with Gasteiger partial charge in [0.25, 0.3) is 10.0 Å². The summed E-state index contributed by atoms with van der Waals surface area (Å²) < 4.78 is 59.2. The van der Waals surface area contributed by atoms with Crippen LogP contribution in [0, 0.1) is 6.92 Å². The van der Waals surface area contributed by atoms with E-state index in [9.17, 15) is 16.8 Å². The molecule has 0 bridgehead atoms. The number of sulfonamides is 2. The molecule has 2 aromatic rings. The predicted molar refractivity (Wildman–Crippen MR) is 105 cm³/mol. The van der Waals surface area contributed by atoms with Crippen molar-refractivity contribution in [3.05, 3.63) is 48.0 Å². The van der Waals surface area contributed by atoms with Gasteiger partial charge in [-0.3, -0.25) is 9.03 Å². The van der Waals surface area contributed by atoms with Gasteiger partial charge in [-0.15, -0.1) is 0 Å². The second kappa shape index (κ2) is 7.40. The first-order chi connectivity index (χ1) is 12.7. The van der Waals surface area contributed by atoms with Gasteiger partial charge in [-0.2, -0.15) is 0 Å². The van der Waals surface area contributed by atoms with Crippen LogP contribution in [0.15, 0.2) is 47.4 Å². The Bertz CT molecular complexity index is 1050. The van der Waals surface area contributed by atoms with Gasteiger partial charge in [-0.1, -0.05) is 12.1 Å². The second-order valence-corrected chi connectivity index (χ2v) is 10.0. The van der Waals surface area contributed by atoms with Crippen LogP contribution in [0.1, 0.15) is 18.4 Å². The number of nitrogens with one attached hydrogen (secondary N) is 1. The molecule has 2 aromatic carbocycles. The molecule has 1 saturated heterocycles. The molecule has 27 heavy (non-hydrogen) atoms. The zero-order valence-electron chi connectivity index (χ0n) is 15.2. The van der Waals surface area contributed by atoms with E-state index in [1.807, 2.05) is 0 Å². The summed E-state index contributed by atoms with van der Waals surface area (Å²) in [5.74, 6) is 0.524. The predicted octanol–water partition coefficient (Wildman–Crippen LogP) is 2.73. The van der Waals surface area contributed by atoms with Crippen molar-refractivity contribution in [1.29, 1.82) is 0 Å². The number of anilines is 2. The summed E-state index contributed by atoms with van der Waals surface area (Å²) >= 11 is 0. The van der Waals surface area contributed by atoms with E-state index in [4.69, 9.17) is 4.74 Å². The van der Waals surface area contributed by atoms with E-state index in [1.54, 1.807) is 37.3 Å². The quantitative estimate of drug-likeness (QED) is 0.818. The minimum absolute atomic E-state index is 0.0894. The van der Waals surface area contributed by atoms with Gasteiger partial charge in [0.05, 0.1) is 29.1 Å². The largest absolute Gasteiger partial charge is 0.495 e. The Morgan fingerprint density at radius 3 is 2.52 bits per heavy atom. The van der Waals surface area contributed by atoms with Crippen LogP contribution in [0.5, 0.6) is 5.75 Å². The van der Waals surface area contributed by atoms with Gasteiger partial charge >= 0.3 is 0 Å². The zero-order chi connectivity index (χ0) is 19.7. The summed E-state index contributed by atoms with van der Waals surface area (Å²) in [6.07, 6.45) is 1.43. The van der Waals surface area contributed by atoms with Gasteiger partial charge in [0.2, 0.25) is 10.0 Å². The second-order valence-electron chi connectivity index (χ2n) is 6.35. The SMILES string of the molecule is COc1ccccc1NS(=O)(=O)c1ccc(N2CCCCS2(=O)=O)cc1C. The first-order valence-corrected chi connectivity index (χ1v) is 11.6. The number of hydrogen-bond acceptors (Lipinski definition) is 5. The Kier molecular flexibility index (Phi) is 5.34. The highest BCUT2D eigenvalue weighted by atomic mass is 32.2. The smallest absolute Gasteiger partial charge is 0.262 e. The number of rotatable bonds is 5. The van der Waals surface area contributed by atoms with E-state index in [-0.39, 0.29) is 10.6 Å². The maximum Gasteiger partial charge on any atom is 0.262 e. The van der Waals surface area contributed by atoms with E-state index in [0.717, 1.165) is 6.42 Å². The van der Waals surface area contributed by atoms with Crippen molar-refractivity contribution < 1.29 is 21.6 Å². The van der Waals surface area contributed by atoms with Gasteiger partial charge in [0.1, 0.15) is 5.75 Å². The fraction of sp³-hybridized carbons (Fsp3) is 0.333. The van der Waals surface area contributed by atoms with E-state index in [0.29, 0.717) is 35.7 Å². The molecule has 1 N–H and O–H groups in total. The highest BCUT2D eigenvalue weighted by molar-refractivity contribution is 7.93. The number of methoxy groups -OCH3 is 1. The molecule has 1 heterocycles. The van der Waals surface area contributed by atoms with Gasteiger partial charge in [0.15, 0.2) is 0 Å². The van der Waals surface area contributed by atoms with Crippen molar-refractivity contribution >= 4 is 31.4 Å². The van der Waals surface area contributed by atoms with Crippen LogP contribution in [0.25, 0.3) is 0 Å². The van der Waals surface area contributed by atoms with Crippen molar-refractivity contribution in [3.8, 4) is 5.75 Å². The minimum Gasteiger partial charge on any atom is -0.495 e. The third kappa shape index (κ3) is 4.03. The number of benzene rings is 2. The van der Waals surface area contributed by atoms with Crippen molar-refractivity contribution in [3.63, 3.8) is 0 Å². The molecule has 0 atom stereocenters. The summed E-state index contributed by atoms with van der Waals surface area (Å²) in [4.78, 5) is 0.0894. The molecule has 3 rings (SSSR count). The molecular weight excluding hydrogens is 388 g/mol. The van der Waals surface area contributed by atoms with Gasteiger partial charge in [-0.05, 0) is 55.7 Å². The lowest BCUT2D eigenvalue weighted by Crippen LogP contribution is -2.37. The molecule has 0 spiro atoms. The summed E-state index contributed by atoms with van der Waals surface area (Å²) in [5.41, 5.74) is 1.29. The number of nitrogens with zero attached hydrogens (tertiary/aromatic N) is 1. The fourth-order valence-corrected chi connectivity index (χ4v) is 6.03. The van der Waals surface area contributed by atoms with Gasteiger partial charge < -0.3 is 4.74 Å².